The van der Waals surface area contributed by atoms with E-state index in [9.17, 15) is 14.7 Å². The number of carboxylic acid groups (broad SMARTS) is 1. The first-order chi connectivity index (χ1) is 12.5. The average molecular weight is 351 g/mol. The molecule has 0 aromatic heterocycles. The van der Waals surface area contributed by atoms with E-state index in [0.717, 1.165) is 5.01 Å². The lowest BCUT2D eigenvalue weighted by Gasteiger charge is -2.30. The van der Waals surface area contributed by atoms with Crippen molar-refractivity contribution in [2.24, 2.45) is 10.2 Å². The predicted molar refractivity (Wildman–Crippen MR) is 99.0 cm³/mol. The lowest BCUT2D eigenvalue weighted by Crippen LogP contribution is -2.49. The number of aliphatic carboxylic acids is 1. The van der Waals surface area contributed by atoms with Crippen LogP contribution in [0.4, 0.5) is 11.4 Å². The first kappa shape index (κ1) is 17.2. The lowest BCUT2D eigenvalue weighted by atomic mass is 10.3. The third-order valence-electron chi connectivity index (χ3n) is 3.58. The molecule has 2 aromatic rings. The summed E-state index contributed by atoms with van der Waals surface area (Å²) in [5, 5.41) is 20.5. The number of carbonyl (C=O) groups excluding carboxylic acids is 1. The van der Waals surface area contributed by atoms with Crippen molar-refractivity contribution >= 4 is 34.9 Å². The number of nitrogens with zero attached hydrogens (tertiary/aromatic N) is 5. The summed E-state index contributed by atoms with van der Waals surface area (Å²) in [6.45, 7) is 0. The van der Waals surface area contributed by atoms with E-state index >= 15 is 0 Å². The van der Waals surface area contributed by atoms with E-state index in [1.54, 1.807) is 68.7 Å². The molecule has 2 aromatic carbocycles. The second kappa shape index (κ2) is 7.06. The molecule has 1 amide bonds. The molecule has 0 radical (unpaired) electrons. The van der Waals surface area contributed by atoms with Crippen LogP contribution in [-0.4, -0.2) is 47.6 Å². The minimum Gasteiger partial charge on any atom is -0.475 e. The molecular weight excluding hydrogens is 334 g/mol. The molecule has 0 saturated carbocycles. The van der Waals surface area contributed by atoms with Crippen LogP contribution in [0, 0.1) is 0 Å². The van der Waals surface area contributed by atoms with Gasteiger partial charge in [-0.05, 0) is 24.3 Å². The number of rotatable bonds is 4. The standard InChI is InChI=1S/C18H17N5O3/c1-21(2)17(24)15-19-23(14-11-7-4-8-12-14)16(18(25)26)20-22(15)13-9-5-3-6-10-13/h3-12H,1-2H3,(H,25,26). The fourth-order valence-corrected chi connectivity index (χ4v) is 2.33. The van der Waals surface area contributed by atoms with Crippen LogP contribution >= 0.6 is 0 Å². The number of hydrogen-bond acceptors (Lipinski definition) is 6. The van der Waals surface area contributed by atoms with Crippen LogP contribution in [0.2, 0.25) is 0 Å². The maximum Gasteiger partial charge on any atom is 0.375 e. The number of benzene rings is 2. The van der Waals surface area contributed by atoms with Gasteiger partial charge in [0.05, 0.1) is 11.4 Å². The summed E-state index contributed by atoms with van der Waals surface area (Å²) < 4.78 is 0. The summed E-state index contributed by atoms with van der Waals surface area (Å²) in [5.74, 6) is -1.97. The largest absolute Gasteiger partial charge is 0.475 e. The second-order valence-corrected chi connectivity index (χ2v) is 5.65. The summed E-state index contributed by atoms with van der Waals surface area (Å²) in [4.78, 5) is 25.8. The Morgan fingerprint density at radius 3 is 1.65 bits per heavy atom. The first-order valence-electron chi connectivity index (χ1n) is 7.81. The molecule has 1 aliphatic heterocycles. The Labute approximate surface area is 150 Å². The van der Waals surface area contributed by atoms with Crippen LogP contribution in [0.25, 0.3) is 0 Å². The highest BCUT2D eigenvalue weighted by atomic mass is 16.4. The Morgan fingerprint density at radius 2 is 1.23 bits per heavy atom. The van der Waals surface area contributed by atoms with E-state index in [-0.39, 0.29) is 11.7 Å². The Bertz CT molecular complexity index is 878. The molecule has 8 nitrogen and oxygen atoms in total. The van der Waals surface area contributed by atoms with E-state index < -0.39 is 11.9 Å². The molecule has 1 N–H and O–H groups in total. The number of amides is 1. The van der Waals surface area contributed by atoms with Crippen LogP contribution < -0.4 is 10.0 Å². The van der Waals surface area contributed by atoms with Crippen molar-refractivity contribution in [3.8, 4) is 0 Å². The number of carboxylic acids is 1. The number of carbonyl (C=O) groups is 2. The van der Waals surface area contributed by atoms with Gasteiger partial charge in [0, 0.05) is 14.1 Å². The zero-order valence-corrected chi connectivity index (χ0v) is 14.3. The highest BCUT2D eigenvalue weighted by Crippen LogP contribution is 2.23. The monoisotopic (exact) mass is 351 g/mol. The van der Waals surface area contributed by atoms with Crippen molar-refractivity contribution in [3.63, 3.8) is 0 Å². The first-order valence-corrected chi connectivity index (χ1v) is 7.81. The topological polar surface area (TPSA) is 88.8 Å². The predicted octanol–water partition coefficient (Wildman–Crippen LogP) is 1.81. The van der Waals surface area contributed by atoms with Crippen molar-refractivity contribution in [2.45, 2.75) is 0 Å². The molecule has 0 saturated heterocycles. The van der Waals surface area contributed by atoms with Gasteiger partial charge in [0.1, 0.15) is 0 Å². The molecular formula is C18H17N5O3. The SMILES string of the molecule is CN(C)C(=O)C1=NN(c2ccccc2)C(C(=O)O)=NN1c1ccccc1. The normalized spacial score (nSPS) is 13.8. The molecule has 0 spiro atoms. The molecule has 0 atom stereocenters. The van der Waals surface area contributed by atoms with Gasteiger partial charge in [-0.25, -0.2) is 14.8 Å². The van der Waals surface area contributed by atoms with Crippen LogP contribution in [-0.2, 0) is 9.59 Å². The van der Waals surface area contributed by atoms with Crippen molar-refractivity contribution in [1.82, 2.24) is 4.90 Å². The van der Waals surface area contributed by atoms with E-state index in [4.69, 9.17) is 0 Å². The van der Waals surface area contributed by atoms with Crippen molar-refractivity contribution in [1.29, 1.82) is 0 Å². The number of hydrogen-bond donors (Lipinski definition) is 1. The van der Waals surface area contributed by atoms with E-state index in [0.29, 0.717) is 11.4 Å². The Kier molecular flexibility index (Phi) is 4.66. The highest BCUT2D eigenvalue weighted by molar-refractivity contribution is 6.47. The van der Waals surface area contributed by atoms with E-state index in [1.807, 2.05) is 6.07 Å². The van der Waals surface area contributed by atoms with Gasteiger partial charge in [-0.15, -0.1) is 10.2 Å². The minimum atomic E-state index is -1.25. The molecule has 0 bridgehead atoms. The van der Waals surface area contributed by atoms with Gasteiger partial charge in [0.15, 0.2) is 0 Å². The fourth-order valence-electron chi connectivity index (χ4n) is 2.33. The molecule has 26 heavy (non-hydrogen) atoms. The molecule has 8 heteroatoms. The molecule has 3 rings (SSSR count). The van der Waals surface area contributed by atoms with Crippen molar-refractivity contribution < 1.29 is 14.7 Å². The summed E-state index contributed by atoms with van der Waals surface area (Å²) in [7, 11) is 3.19. The van der Waals surface area contributed by atoms with Gasteiger partial charge < -0.3 is 10.0 Å². The molecule has 0 unspecified atom stereocenters. The zero-order chi connectivity index (χ0) is 18.7. The second-order valence-electron chi connectivity index (χ2n) is 5.65. The number of likely N-dealkylation sites (N-methyl/N-ethyl adjacent to an activating group) is 1. The van der Waals surface area contributed by atoms with Crippen LogP contribution in [0.15, 0.2) is 70.9 Å². The lowest BCUT2D eigenvalue weighted by molar-refractivity contribution is -0.129. The fraction of sp³-hybridized carbons (Fsp3) is 0.111. The number of anilines is 2. The Morgan fingerprint density at radius 1 is 0.808 bits per heavy atom. The third kappa shape index (κ3) is 3.25. The maximum absolute atomic E-state index is 12.6. The Balaban J connectivity index is 2.16. The minimum absolute atomic E-state index is 0.00458. The number of amidine groups is 2. The van der Waals surface area contributed by atoms with Gasteiger partial charge >= 0.3 is 5.97 Å². The Hall–Kier alpha value is -3.68. The van der Waals surface area contributed by atoms with Crippen LogP contribution in [0.3, 0.4) is 0 Å². The molecule has 0 fully saturated rings. The van der Waals surface area contributed by atoms with E-state index in [1.165, 1.54) is 9.91 Å². The molecule has 0 aliphatic carbocycles. The summed E-state index contributed by atoms with van der Waals surface area (Å²) in [6.07, 6.45) is 0. The molecule has 132 valence electrons. The van der Waals surface area contributed by atoms with Gasteiger partial charge in [-0.1, -0.05) is 36.4 Å². The zero-order valence-electron chi connectivity index (χ0n) is 14.3. The van der Waals surface area contributed by atoms with Gasteiger partial charge in [-0.3, -0.25) is 4.79 Å². The average Bonchev–Trinajstić information content (AvgIpc) is 2.67. The van der Waals surface area contributed by atoms with Crippen molar-refractivity contribution in [3.05, 3.63) is 60.7 Å². The smallest absolute Gasteiger partial charge is 0.375 e. The van der Waals surface area contributed by atoms with Gasteiger partial charge in [-0.2, -0.15) is 0 Å². The van der Waals surface area contributed by atoms with E-state index in [2.05, 4.69) is 10.2 Å². The quantitative estimate of drug-likeness (QED) is 0.907. The highest BCUT2D eigenvalue weighted by Gasteiger charge is 2.33. The third-order valence-corrected chi connectivity index (χ3v) is 3.58. The molecule has 1 aliphatic rings. The summed E-state index contributed by atoms with van der Waals surface area (Å²) in [5.41, 5.74) is 1.03. The van der Waals surface area contributed by atoms with Crippen LogP contribution in [0.1, 0.15) is 0 Å². The van der Waals surface area contributed by atoms with Gasteiger partial charge in [0.2, 0.25) is 5.84 Å². The summed E-state index contributed by atoms with van der Waals surface area (Å²) >= 11 is 0. The maximum atomic E-state index is 12.6. The van der Waals surface area contributed by atoms with Crippen LogP contribution in [0.5, 0.6) is 0 Å². The summed E-state index contributed by atoms with van der Waals surface area (Å²) in [6, 6.07) is 17.5. The number of hydrazone groups is 2. The molecule has 1 heterocycles. The number of para-hydroxylation sites is 2. The van der Waals surface area contributed by atoms with Crippen molar-refractivity contribution in [2.75, 3.05) is 24.1 Å². The van der Waals surface area contributed by atoms with Gasteiger partial charge in [0.25, 0.3) is 11.7 Å².